The molecule has 0 unspecified atom stereocenters. The summed E-state index contributed by atoms with van der Waals surface area (Å²) in [6.45, 7) is 3.36. The summed E-state index contributed by atoms with van der Waals surface area (Å²) in [5.41, 5.74) is -0.149. The number of amides is 1. The van der Waals surface area contributed by atoms with Gasteiger partial charge in [0.05, 0.1) is 11.8 Å². The molecule has 0 bridgehead atoms. The van der Waals surface area contributed by atoms with Crippen LogP contribution in [-0.2, 0) is 4.79 Å². The van der Waals surface area contributed by atoms with Gasteiger partial charge in [-0.15, -0.1) is 10.2 Å². The largest absolute Gasteiger partial charge is 0.411 e. The van der Waals surface area contributed by atoms with Crippen molar-refractivity contribution in [3.05, 3.63) is 29.3 Å². The average Bonchev–Trinajstić information content (AvgIpc) is 3.00. The summed E-state index contributed by atoms with van der Waals surface area (Å²) in [5.74, 6) is 0.260. The van der Waals surface area contributed by atoms with Crippen molar-refractivity contribution < 1.29 is 9.21 Å². The second-order valence-electron chi connectivity index (χ2n) is 5.30. The van der Waals surface area contributed by atoms with E-state index in [4.69, 9.17) is 21.3 Å². The van der Waals surface area contributed by atoms with E-state index in [2.05, 4.69) is 16.3 Å². The summed E-state index contributed by atoms with van der Waals surface area (Å²) < 4.78 is 5.51. The molecule has 0 aliphatic carbocycles. The highest BCUT2D eigenvalue weighted by Crippen LogP contribution is 2.25. The molecule has 0 radical (unpaired) electrons. The first-order valence-corrected chi connectivity index (χ1v) is 8.10. The zero-order valence-corrected chi connectivity index (χ0v) is 14.5. The average molecular weight is 351 g/mol. The lowest BCUT2D eigenvalue weighted by molar-refractivity contribution is -0.130. The van der Waals surface area contributed by atoms with E-state index in [9.17, 15) is 4.79 Å². The Kier molecular flexibility index (Phi) is 5.29. The fraction of sp³-hybridized carbons (Fsp3) is 0.333. The van der Waals surface area contributed by atoms with Gasteiger partial charge in [-0.3, -0.25) is 4.79 Å². The lowest BCUT2D eigenvalue weighted by Gasteiger charge is -2.28. The van der Waals surface area contributed by atoms with E-state index in [-0.39, 0.29) is 16.9 Å². The molecule has 8 heteroatoms. The van der Waals surface area contributed by atoms with Gasteiger partial charge >= 0.3 is 0 Å². The number of aromatic nitrogens is 2. The third-order valence-electron chi connectivity index (χ3n) is 3.28. The minimum absolute atomic E-state index is 0.110. The van der Waals surface area contributed by atoms with Crippen molar-refractivity contribution >= 4 is 29.3 Å². The first-order chi connectivity index (χ1) is 10.8. The van der Waals surface area contributed by atoms with Crippen LogP contribution in [0.15, 0.2) is 33.9 Å². The van der Waals surface area contributed by atoms with Crippen LogP contribution in [-0.4, -0.2) is 39.3 Å². The molecule has 0 saturated heterocycles. The highest BCUT2D eigenvalue weighted by atomic mass is 35.5. The number of hydrogen-bond donors (Lipinski definition) is 0. The molecular formula is C15H15ClN4O2S. The molecule has 1 amide bonds. The zero-order chi connectivity index (χ0) is 17.0. The van der Waals surface area contributed by atoms with Crippen molar-refractivity contribution in [2.75, 3.05) is 12.8 Å². The summed E-state index contributed by atoms with van der Waals surface area (Å²) in [7, 11) is 1.59. The Morgan fingerprint density at radius 1 is 1.48 bits per heavy atom. The normalized spacial score (nSPS) is 11.1. The van der Waals surface area contributed by atoms with Crippen LogP contribution in [0.25, 0.3) is 11.5 Å². The molecule has 2 aromatic rings. The number of carbonyl (C=O) groups is 1. The van der Waals surface area contributed by atoms with Gasteiger partial charge in [0.1, 0.15) is 5.54 Å². The molecule has 1 aromatic heterocycles. The first-order valence-electron chi connectivity index (χ1n) is 6.73. The maximum absolute atomic E-state index is 12.1. The highest BCUT2D eigenvalue weighted by molar-refractivity contribution is 7.99. The van der Waals surface area contributed by atoms with Crippen molar-refractivity contribution in [1.82, 2.24) is 15.1 Å². The van der Waals surface area contributed by atoms with E-state index in [1.165, 1.54) is 4.90 Å². The summed E-state index contributed by atoms with van der Waals surface area (Å²) in [5, 5.41) is 17.8. The molecule has 0 aliphatic heterocycles. The molecule has 0 saturated carbocycles. The predicted molar refractivity (Wildman–Crippen MR) is 87.9 cm³/mol. The molecule has 0 spiro atoms. The number of carbonyl (C=O) groups excluding carboxylic acids is 1. The Labute approximate surface area is 143 Å². The zero-order valence-electron chi connectivity index (χ0n) is 12.9. The van der Waals surface area contributed by atoms with Crippen LogP contribution in [0.5, 0.6) is 0 Å². The van der Waals surface area contributed by atoms with Gasteiger partial charge in [-0.1, -0.05) is 29.4 Å². The minimum atomic E-state index is -0.863. The fourth-order valence-corrected chi connectivity index (χ4v) is 2.48. The monoisotopic (exact) mass is 350 g/mol. The van der Waals surface area contributed by atoms with Gasteiger partial charge in [-0.2, -0.15) is 5.26 Å². The van der Waals surface area contributed by atoms with Crippen molar-refractivity contribution in [3.8, 4) is 17.5 Å². The van der Waals surface area contributed by atoms with Gasteiger partial charge in [0.2, 0.25) is 11.8 Å². The van der Waals surface area contributed by atoms with Crippen LogP contribution in [0.3, 0.4) is 0 Å². The minimum Gasteiger partial charge on any atom is -0.411 e. The molecule has 6 nitrogen and oxygen atoms in total. The van der Waals surface area contributed by atoms with Gasteiger partial charge in [0, 0.05) is 17.6 Å². The van der Waals surface area contributed by atoms with Crippen molar-refractivity contribution in [2.45, 2.75) is 24.6 Å². The Morgan fingerprint density at radius 3 is 2.87 bits per heavy atom. The van der Waals surface area contributed by atoms with Gasteiger partial charge in [-0.25, -0.2) is 0 Å². The van der Waals surface area contributed by atoms with Gasteiger partial charge in [0.25, 0.3) is 5.22 Å². The van der Waals surface area contributed by atoms with Crippen LogP contribution in [0, 0.1) is 11.3 Å². The van der Waals surface area contributed by atoms with Crippen molar-refractivity contribution in [3.63, 3.8) is 0 Å². The van der Waals surface area contributed by atoms with Gasteiger partial charge in [-0.05, 0) is 32.0 Å². The highest BCUT2D eigenvalue weighted by Gasteiger charge is 2.27. The summed E-state index contributed by atoms with van der Waals surface area (Å²) >= 11 is 7.05. The van der Waals surface area contributed by atoms with E-state index >= 15 is 0 Å². The summed E-state index contributed by atoms with van der Waals surface area (Å²) in [6, 6.07) is 9.15. The Balaban J connectivity index is 2.01. The number of benzene rings is 1. The molecule has 0 aliphatic rings. The lowest BCUT2D eigenvalue weighted by atomic mass is 10.1. The number of nitrogens with zero attached hydrogens (tertiary/aromatic N) is 4. The second kappa shape index (κ2) is 7.02. The van der Waals surface area contributed by atoms with Crippen LogP contribution in [0.2, 0.25) is 5.02 Å². The number of thioether (sulfide) groups is 1. The SMILES string of the molecule is CN(C(=O)CSc1nnc(-c2cccc(Cl)c2)o1)C(C)(C)C#N. The van der Waals surface area contributed by atoms with E-state index in [1.54, 1.807) is 39.1 Å². The quantitative estimate of drug-likeness (QED) is 0.770. The molecule has 1 aromatic carbocycles. The fourth-order valence-electron chi connectivity index (χ4n) is 1.61. The number of hydrogen-bond acceptors (Lipinski definition) is 6. The van der Waals surface area contributed by atoms with E-state index < -0.39 is 5.54 Å². The number of halogens is 1. The Hall–Kier alpha value is -2.04. The summed E-state index contributed by atoms with van der Waals surface area (Å²) in [6.07, 6.45) is 0. The third kappa shape index (κ3) is 4.24. The predicted octanol–water partition coefficient (Wildman–Crippen LogP) is 3.24. The van der Waals surface area contributed by atoms with Crippen LogP contribution in [0.1, 0.15) is 13.8 Å². The first kappa shape index (κ1) is 17.3. The maximum atomic E-state index is 12.1. The van der Waals surface area contributed by atoms with Crippen LogP contribution < -0.4 is 0 Å². The van der Waals surface area contributed by atoms with Crippen LogP contribution >= 0.6 is 23.4 Å². The Bertz CT molecular complexity index is 754. The smallest absolute Gasteiger partial charge is 0.277 e. The molecule has 120 valence electrons. The third-order valence-corrected chi connectivity index (χ3v) is 4.32. The molecule has 0 atom stereocenters. The number of nitriles is 1. The molecule has 0 fully saturated rings. The van der Waals surface area contributed by atoms with Gasteiger partial charge in [0.15, 0.2) is 0 Å². The molecule has 2 rings (SSSR count). The maximum Gasteiger partial charge on any atom is 0.277 e. The molecule has 0 N–H and O–H groups in total. The Morgan fingerprint density at radius 2 is 2.22 bits per heavy atom. The van der Waals surface area contributed by atoms with Crippen molar-refractivity contribution in [2.24, 2.45) is 0 Å². The van der Waals surface area contributed by atoms with Crippen LogP contribution in [0.4, 0.5) is 0 Å². The van der Waals surface area contributed by atoms with Crippen molar-refractivity contribution in [1.29, 1.82) is 5.26 Å². The van der Waals surface area contributed by atoms with E-state index in [1.807, 2.05) is 6.07 Å². The van der Waals surface area contributed by atoms with Gasteiger partial charge < -0.3 is 9.32 Å². The number of rotatable bonds is 5. The lowest BCUT2D eigenvalue weighted by Crippen LogP contribution is -2.44. The molecular weight excluding hydrogens is 336 g/mol. The summed E-state index contributed by atoms with van der Waals surface area (Å²) in [4.78, 5) is 13.5. The molecule has 1 heterocycles. The van der Waals surface area contributed by atoms with E-state index in [0.29, 0.717) is 16.5 Å². The molecule has 23 heavy (non-hydrogen) atoms. The second-order valence-corrected chi connectivity index (χ2v) is 6.66. The standard InChI is InChI=1S/C15H15ClN4O2S/c1-15(2,9-17)20(3)12(21)8-23-14-19-18-13(22-14)10-5-4-6-11(16)7-10/h4-7H,8H2,1-3H3. The van der Waals surface area contributed by atoms with E-state index in [0.717, 1.165) is 11.8 Å². The topological polar surface area (TPSA) is 83.0 Å².